The van der Waals surface area contributed by atoms with Gasteiger partial charge in [-0.05, 0) is 11.1 Å². The summed E-state index contributed by atoms with van der Waals surface area (Å²) in [6.07, 6.45) is 3.66. The lowest BCUT2D eigenvalue weighted by molar-refractivity contribution is 0.448. The van der Waals surface area contributed by atoms with Gasteiger partial charge >= 0.3 is 7.69 Å². The van der Waals surface area contributed by atoms with Gasteiger partial charge in [-0.3, -0.25) is 0 Å². The normalized spacial score (nSPS) is 7.85. The first-order valence-electron chi connectivity index (χ1n) is 3.74. The van der Waals surface area contributed by atoms with Crippen LogP contribution in [-0.2, 0) is 0 Å². The highest BCUT2D eigenvalue weighted by Crippen LogP contribution is 2.10. The molecule has 0 saturated heterocycles. The van der Waals surface area contributed by atoms with Crippen molar-refractivity contribution in [2.75, 3.05) is 0 Å². The van der Waals surface area contributed by atoms with Gasteiger partial charge < -0.3 is 10.0 Å². The van der Waals surface area contributed by atoms with E-state index in [2.05, 4.69) is 13.2 Å². The van der Waals surface area contributed by atoms with Crippen molar-refractivity contribution in [3.05, 3.63) is 48.6 Å². The fourth-order valence-electron chi connectivity index (χ4n) is 0.883. The number of hydrogen-bond donors (Lipinski definition) is 2. The van der Waals surface area contributed by atoms with Crippen molar-refractivity contribution >= 4 is 19.8 Å². The Morgan fingerprint density at radius 3 is 1.54 bits per heavy atom. The second-order valence-electron chi connectivity index (χ2n) is 2.15. The average Bonchev–Trinajstić information content (AvgIpc) is 2.19. The lowest BCUT2D eigenvalue weighted by Crippen LogP contribution is -1.76. The van der Waals surface area contributed by atoms with Gasteiger partial charge in [-0.1, -0.05) is 49.6 Å². The van der Waals surface area contributed by atoms with E-state index >= 15 is 0 Å². The molecule has 0 aromatic heterocycles. The molecule has 3 heteroatoms. The molecule has 0 heterocycles. The van der Waals surface area contributed by atoms with Crippen molar-refractivity contribution in [3.63, 3.8) is 0 Å². The number of rotatable bonds is 2. The minimum absolute atomic E-state index is 0. The standard InChI is InChI=1S/C10H10.BH2O2/c1-3-9-7-5-6-8-10(9)4-2;2-1-3/h3-8H,1-2H2;2-3H. The van der Waals surface area contributed by atoms with Gasteiger partial charge in [0.1, 0.15) is 0 Å². The van der Waals surface area contributed by atoms with Gasteiger partial charge in [0.25, 0.3) is 0 Å². The quantitative estimate of drug-likeness (QED) is 0.668. The van der Waals surface area contributed by atoms with Crippen LogP contribution in [0.15, 0.2) is 37.4 Å². The topological polar surface area (TPSA) is 40.5 Å². The fraction of sp³-hybridized carbons (Fsp3) is 0. The highest BCUT2D eigenvalue weighted by molar-refractivity contribution is 6.13. The molecular formula is C10H12BO2. The Balaban J connectivity index is 0.000000424. The zero-order valence-corrected chi connectivity index (χ0v) is 7.35. The molecule has 0 fully saturated rings. The summed E-state index contributed by atoms with van der Waals surface area (Å²) >= 11 is 0. The third-order valence-electron chi connectivity index (χ3n) is 1.44. The molecule has 13 heavy (non-hydrogen) atoms. The Kier molecular flexibility index (Phi) is 6.60. The fourth-order valence-corrected chi connectivity index (χ4v) is 0.883. The molecule has 1 aromatic carbocycles. The molecule has 2 nitrogen and oxygen atoms in total. The van der Waals surface area contributed by atoms with E-state index in [0.29, 0.717) is 0 Å². The second-order valence-corrected chi connectivity index (χ2v) is 2.15. The van der Waals surface area contributed by atoms with Crippen LogP contribution in [0.25, 0.3) is 12.2 Å². The molecule has 1 aromatic rings. The van der Waals surface area contributed by atoms with E-state index in [1.165, 1.54) is 0 Å². The van der Waals surface area contributed by atoms with E-state index in [4.69, 9.17) is 10.0 Å². The zero-order chi connectivity index (χ0) is 10.1. The highest BCUT2D eigenvalue weighted by Gasteiger charge is 1.89. The van der Waals surface area contributed by atoms with Crippen molar-refractivity contribution in [2.45, 2.75) is 0 Å². The minimum atomic E-state index is 0. The summed E-state index contributed by atoms with van der Waals surface area (Å²) in [5.41, 5.74) is 2.27. The first kappa shape index (κ1) is 11.7. The largest absolute Gasteiger partial charge is 0.482 e. The molecule has 0 aliphatic heterocycles. The van der Waals surface area contributed by atoms with E-state index in [1.807, 2.05) is 36.4 Å². The second kappa shape index (κ2) is 7.34. The molecule has 0 saturated carbocycles. The van der Waals surface area contributed by atoms with Gasteiger partial charge in [-0.25, -0.2) is 0 Å². The monoisotopic (exact) mass is 175 g/mol. The van der Waals surface area contributed by atoms with Crippen LogP contribution in [0.4, 0.5) is 0 Å². The van der Waals surface area contributed by atoms with E-state index in [-0.39, 0.29) is 7.69 Å². The van der Waals surface area contributed by atoms with Gasteiger partial charge in [0.05, 0.1) is 0 Å². The third-order valence-corrected chi connectivity index (χ3v) is 1.44. The summed E-state index contributed by atoms with van der Waals surface area (Å²) in [4.78, 5) is 0. The van der Waals surface area contributed by atoms with Crippen LogP contribution in [0.5, 0.6) is 0 Å². The first-order valence-corrected chi connectivity index (χ1v) is 3.74. The summed E-state index contributed by atoms with van der Waals surface area (Å²) in [5, 5.41) is 14.0. The molecule has 0 atom stereocenters. The molecular weight excluding hydrogens is 163 g/mol. The molecule has 0 aliphatic rings. The summed E-state index contributed by atoms with van der Waals surface area (Å²) in [6, 6.07) is 8.02. The minimum Gasteiger partial charge on any atom is -0.429 e. The molecule has 0 bridgehead atoms. The zero-order valence-electron chi connectivity index (χ0n) is 7.35. The van der Waals surface area contributed by atoms with Gasteiger partial charge in [0.2, 0.25) is 0 Å². The van der Waals surface area contributed by atoms with E-state index < -0.39 is 0 Å². The Morgan fingerprint density at radius 2 is 1.31 bits per heavy atom. The molecule has 1 radical (unpaired) electrons. The van der Waals surface area contributed by atoms with Gasteiger partial charge in [0, 0.05) is 0 Å². The number of benzene rings is 1. The third kappa shape index (κ3) is 4.30. The summed E-state index contributed by atoms with van der Waals surface area (Å²) in [6.45, 7) is 7.38. The molecule has 1 rings (SSSR count). The van der Waals surface area contributed by atoms with Crippen molar-refractivity contribution in [3.8, 4) is 0 Å². The Bertz CT molecular complexity index is 244. The predicted octanol–water partition coefficient (Wildman–Crippen LogP) is 1.48. The summed E-state index contributed by atoms with van der Waals surface area (Å²) < 4.78 is 0. The highest BCUT2D eigenvalue weighted by atomic mass is 16.4. The maximum absolute atomic E-state index is 7.00. The first-order chi connectivity index (χ1) is 6.29. The Hall–Kier alpha value is -1.32. The van der Waals surface area contributed by atoms with Crippen LogP contribution in [0.3, 0.4) is 0 Å². The van der Waals surface area contributed by atoms with Gasteiger partial charge in [-0.2, -0.15) is 0 Å². The van der Waals surface area contributed by atoms with Gasteiger partial charge in [0.15, 0.2) is 0 Å². The molecule has 0 spiro atoms. The number of hydrogen-bond acceptors (Lipinski definition) is 2. The lowest BCUT2D eigenvalue weighted by Gasteiger charge is -1.96. The van der Waals surface area contributed by atoms with Crippen molar-refractivity contribution in [1.29, 1.82) is 0 Å². The van der Waals surface area contributed by atoms with E-state index in [0.717, 1.165) is 11.1 Å². The molecule has 0 amide bonds. The Morgan fingerprint density at radius 1 is 1.00 bits per heavy atom. The van der Waals surface area contributed by atoms with Crippen LogP contribution >= 0.6 is 0 Å². The van der Waals surface area contributed by atoms with Crippen LogP contribution in [0.2, 0.25) is 0 Å². The summed E-state index contributed by atoms with van der Waals surface area (Å²) in [7, 11) is 0. The lowest BCUT2D eigenvalue weighted by atomic mass is 10.1. The van der Waals surface area contributed by atoms with Crippen molar-refractivity contribution in [2.24, 2.45) is 0 Å². The van der Waals surface area contributed by atoms with Crippen LogP contribution in [-0.4, -0.2) is 17.7 Å². The predicted molar refractivity (Wildman–Crippen MR) is 56.8 cm³/mol. The average molecular weight is 175 g/mol. The molecule has 0 aliphatic carbocycles. The Labute approximate surface area is 79.2 Å². The SMILES string of the molecule is C=Cc1ccccc1C=C.O[B]O. The van der Waals surface area contributed by atoms with Crippen molar-refractivity contribution < 1.29 is 10.0 Å². The van der Waals surface area contributed by atoms with E-state index in [9.17, 15) is 0 Å². The molecule has 2 N–H and O–H groups in total. The maximum atomic E-state index is 7.00. The maximum Gasteiger partial charge on any atom is 0.482 e. The van der Waals surface area contributed by atoms with E-state index in [1.54, 1.807) is 0 Å². The van der Waals surface area contributed by atoms with Crippen LogP contribution in [0, 0.1) is 0 Å². The van der Waals surface area contributed by atoms with Crippen LogP contribution < -0.4 is 0 Å². The smallest absolute Gasteiger partial charge is 0.429 e. The van der Waals surface area contributed by atoms with Crippen molar-refractivity contribution in [1.82, 2.24) is 0 Å². The van der Waals surface area contributed by atoms with Crippen LogP contribution in [0.1, 0.15) is 11.1 Å². The molecule has 67 valence electrons. The molecule has 0 unspecified atom stereocenters. The summed E-state index contributed by atoms with van der Waals surface area (Å²) in [5.74, 6) is 0. The van der Waals surface area contributed by atoms with Gasteiger partial charge in [-0.15, -0.1) is 0 Å².